The molecule has 0 bridgehead atoms. The molecule has 106 valence electrons. The monoisotopic (exact) mass is 294 g/mol. The molecule has 2 aromatic rings. The number of nitrogens with one attached hydrogen (secondary N) is 1. The van der Waals surface area contributed by atoms with Crippen LogP contribution in [0.5, 0.6) is 0 Å². The fraction of sp³-hybridized carbons (Fsp3) is 0.250. The summed E-state index contributed by atoms with van der Waals surface area (Å²) in [4.78, 5) is 19.3. The van der Waals surface area contributed by atoms with Gasteiger partial charge in [-0.05, 0) is 25.1 Å². The number of rotatable bonds is 4. The number of carbonyl (C=O) groups is 1. The van der Waals surface area contributed by atoms with Crippen molar-refractivity contribution in [3.63, 3.8) is 0 Å². The van der Waals surface area contributed by atoms with Crippen molar-refractivity contribution >= 4 is 32.5 Å². The molecular weight excluding hydrogens is 280 g/mol. The molecule has 2 rings (SSSR count). The Morgan fingerprint density at radius 2 is 2.05 bits per heavy atom. The van der Waals surface area contributed by atoms with Crippen LogP contribution in [0.15, 0.2) is 29.4 Å². The number of hydrogen-bond donors (Lipinski definition) is 2. The standard InChI is InChI=1S/C12H14N4O3S/c1-7(11(13)17)16-12-9-5-8(20(2,18)19)3-4-10(9)14-6-15-12/h3-7H,1-2H3,(H2,13,17)(H,14,15,16). The first-order valence-electron chi connectivity index (χ1n) is 5.79. The minimum absolute atomic E-state index is 0.162. The summed E-state index contributed by atoms with van der Waals surface area (Å²) in [5.74, 6) is -0.164. The predicted octanol–water partition coefficient (Wildman–Crippen LogP) is 0.319. The largest absolute Gasteiger partial charge is 0.368 e. The number of benzene rings is 1. The van der Waals surface area contributed by atoms with Gasteiger partial charge in [0.25, 0.3) is 0 Å². The number of sulfone groups is 1. The van der Waals surface area contributed by atoms with E-state index in [1.54, 1.807) is 13.0 Å². The van der Waals surface area contributed by atoms with Crippen molar-refractivity contribution in [1.82, 2.24) is 9.97 Å². The van der Waals surface area contributed by atoms with Crippen LogP contribution in [0.1, 0.15) is 6.92 Å². The highest BCUT2D eigenvalue weighted by atomic mass is 32.2. The highest BCUT2D eigenvalue weighted by molar-refractivity contribution is 7.90. The fourth-order valence-corrected chi connectivity index (χ4v) is 2.30. The Morgan fingerprint density at radius 1 is 1.35 bits per heavy atom. The van der Waals surface area contributed by atoms with Gasteiger partial charge in [0.15, 0.2) is 9.84 Å². The summed E-state index contributed by atoms with van der Waals surface area (Å²) in [5, 5.41) is 3.36. The number of hydrogen-bond acceptors (Lipinski definition) is 6. The Kier molecular flexibility index (Phi) is 3.58. The van der Waals surface area contributed by atoms with E-state index in [-0.39, 0.29) is 4.90 Å². The molecule has 1 amide bonds. The van der Waals surface area contributed by atoms with E-state index in [1.165, 1.54) is 18.5 Å². The molecule has 8 heteroatoms. The normalized spacial score (nSPS) is 13.1. The quantitative estimate of drug-likeness (QED) is 0.839. The van der Waals surface area contributed by atoms with Crippen LogP contribution in [-0.2, 0) is 14.6 Å². The summed E-state index contributed by atoms with van der Waals surface area (Å²) < 4.78 is 23.2. The van der Waals surface area contributed by atoms with Gasteiger partial charge >= 0.3 is 0 Å². The predicted molar refractivity (Wildman–Crippen MR) is 74.9 cm³/mol. The van der Waals surface area contributed by atoms with Gasteiger partial charge in [0, 0.05) is 11.6 Å². The summed E-state index contributed by atoms with van der Waals surface area (Å²) >= 11 is 0. The molecule has 1 aromatic carbocycles. The third-order valence-electron chi connectivity index (χ3n) is 2.81. The number of nitrogens with zero attached hydrogens (tertiary/aromatic N) is 2. The first kappa shape index (κ1) is 14.2. The minimum Gasteiger partial charge on any atom is -0.368 e. The van der Waals surface area contributed by atoms with Crippen LogP contribution < -0.4 is 11.1 Å². The van der Waals surface area contributed by atoms with Crippen molar-refractivity contribution in [2.75, 3.05) is 11.6 Å². The van der Waals surface area contributed by atoms with E-state index >= 15 is 0 Å². The first-order chi connectivity index (χ1) is 9.29. The van der Waals surface area contributed by atoms with E-state index in [0.29, 0.717) is 16.7 Å². The molecule has 0 fully saturated rings. The summed E-state index contributed by atoms with van der Waals surface area (Å²) in [7, 11) is -3.33. The highest BCUT2D eigenvalue weighted by Gasteiger charge is 2.14. The van der Waals surface area contributed by atoms with Crippen LogP contribution in [0.25, 0.3) is 10.9 Å². The molecule has 0 spiro atoms. The second-order valence-electron chi connectivity index (χ2n) is 4.44. The lowest BCUT2D eigenvalue weighted by Gasteiger charge is -2.12. The molecule has 1 unspecified atom stereocenters. The van der Waals surface area contributed by atoms with Crippen LogP contribution >= 0.6 is 0 Å². The third kappa shape index (κ3) is 2.85. The van der Waals surface area contributed by atoms with Gasteiger partial charge in [-0.3, -0.25) is 4.79 Å². The van der Waals surface area contributed by atoms with E-state index in [0.717, 1.165) is 6.26 Å². The van der Waals surface area contributed by atoms with Crippen LogP contribution in [0.2, 0.25) is 0 Å². The smallest absolute Gasteiger partial charge is 0.239 e. The summed E-state index contributed by atoms with van der Waals surface area (Å²) in [5.41, 5.74) is 5.76. The van der Waals surface area contributed by atoms with Crippen LogP contribution in [-0.4, -0.2) is 36.6 Å². The van der Waals surface area contributed by atoms with Crippen molar-refractivity contribution in [2.45, 2.75) is 17.9 Å². The zero-order valence-electron chi connectivity index (χ0n) is 11.0. The molecule has 0 aliphatic carbocycles. The maximum absolute atomic E-state index is 11.6. The van der Waals surface area contributed by atoms with Crippen molar-refractivity contribution in [3.8, 4) is 0 Å². The van der Waals surface area contributed by atoms with Gasteiger partial charge in [-0.2, -0.15) is 0 Å². The Labute approximate surface area is 116 Å². The van der Waals surface area contributed by atoms with Crippen molar-refractivity contribution in [2.24, 2.45) is 5.73 Å². The Morgan fingerprint density at radius 3 is 2.65 bits per heavy atom. The number of anilines is 1. The SMILES string of the molecule is CC(Nc1ncnc2ccc(S(C)(=O)=O)cc12)C(N)=O. The lowest BCUT2D eigenvalue weighted by atomic mass is 10.2. The molecule has 1 atom stereocenters. The van der Waals surface area contributed by atoms with Crippen LogP contribution in [0, 0.1) is 0 Å². The van der Waals surface area contributed by atoms with E-state index in [2.05, 4.69) is 15.3 Å². The molecule has 0 aliphatic rings. The lowest BCUT2D eigenvalue weighted by Crippen LogP contribution is -2.32. The van der Waals surface area contributed by atoms with E-state index in [1.807, 2.05) is 0 Å². The zero-order chi connectivity index (χ0) is 14.9. The lowest BCUT2D eigenvalue weighted by molar-refractivity contribution is -0.118. The van der Waals surface area contributed by atoms with Gasteiger partial charge in [-0.25, -0.2) is 18.4 Å². The number of amides is 1. The van der Waals surface area contributed by atoms with Crippen molar-refractivity contribution < 1.29 is 13.2 Å². The van der Waals surface area contributed by atoms with Gasteiger partial charge in [0.1, 0.15) is 18.2 Å². The Balaban J connectivity index is 2.57. The van der Waals surface area contributed by atoms with Gasteiger partial charge in [0.05, 0.1) is 10.4 Å². The maximum atomic E-state index is 11.6. The zero-order valence-corrected chi connectivity index (χ0v) is 11.8. The Bertz CT molecular complexity index is 773. The van der Waals surface area contributed by atoms with Gasteiger partial charge < -0.3 is 11.1 Å². The molecule has 0 saturated heterocycles. The number of aromatic nitrogens is 2. The summed E-state index contributed by atoms with van der Waals surface area (Å²) in [6, 6.07) is 3.91. The molecule has 3 N–H and O–H groups in total. The second-order valence-corrected chi connectivity index (χ2v) is 6.46. The highest BCUT2D eigenvalue weighted by Crippen LogP contribution is 2.23. The summed E-state index contributed by atoms with van der Waals surface area (Å²) in [6.07, 6.45) is 2.45. The molecule has 1 aromatic heterocycles. The number of primary amides is 1. The minimum atomic E-state index is -3.33. The van der Waals surface area contributed by atoms with Crippen LogP contribution in [0.4, 0.5) is 5.82 Å². The molecule has 0 radical (unpaired) electrons. The molecule has 7 nitrogen and oxygen atoms in total. The molecule has 0 aliphatic heterocycles. The molecular formula is C12H14N4O3S. The molecule has 20 heavy (non-hydrogen) atoms. The molecule has 0 saturated carbocycles. The first-order valence-corrected chi connectivity index (χ1v) is 7.69. The molecule has 1 heterocycles. The fourth-order valence-electron chi connectivity index (χ4n) is 1.66. The Hall–Kier alpha value is -2.22. The topological polar surface area (TPSA) is 115 Å². The second kappa shape index (κ2) is 5.04. The van der Waals surface area contributed by atoms with E-state index in [4.69, 9.17) is 5.73 Å². The van der Waals surface area contributed by atoms with Gasteiger partial charge in [-0.15, -0.1) is 0 Å². The van der Waals surface area contributed by atoms with E-state index < -0.39 is 21.8 Å². The number of carbonyl (C=O) groups excluding carboxylic acids is 1. The third-order valence-corrected chi connectivity index (χ3v) is 3.93. The maximum Gasteiger partial charge on any atom is 0.239 e. The number of nitrogens with two attached hydrogens (primary N) is 1. The van der Waals surface area contributed by atoms with Crippen molar-refractivity contribution in [3.05, 3.63) is 24.5 Å². The van der Waals surface area contributed by atoms with Crippen molar-refractivity contribution in [1.29, 1.82) is 0 Å². The van der Waals surface area contributed by atoms with Gasteiger partial charge in [-0.1, -0.05) is 0 Å². The average molecular weight is 294 g/mol. The average Bonchev–Trinajstić information content (AvgIpc) is 2.37. The van der Waals surface area contributed by atoms with Gasteiger partial charge in [0.2, 0.25) is 5.91 Å². The van der Waals surface area contributed by atoms with Crippen LogP contribution in [0.3, 0.4) is 0 Å². The number of fused-ring (bicyclic) bond motifs is 1. The summed E-state index contributed by atoms with van der Waals surface area (Å²) in [6.45, 7) is 1.59. The van der Waals surface area contributed by atoms with E-state index in [9.17, 15) is 13.2 Å².